The van der Waals surface area contributed by atoms with Crippen molar-refractivity contribution in [2.75, 3.05) is 6.79 Å². The standard InChI is InChI=1S/C22H18N2O4/c1-14-8-17(15(2)24(14)12-19-4-3-7-26-19)9-18(11-23)22(25)16-5-6-20-21(10-16)28-13-27-20/h3-10H,12-13H2,1-2H3. The van der Waals surface area contributed by atoms with Crippen molar-refractivity contribution in [3.63, 3.8) is 0 Å². The van der Waals surface area contributed by atoms with Crippen molar-refractivity contribution < 1.29 is 18.7 Å². The molecular formula is C22H18N2O4. The lowest BCUT2D eigenvalue weighted by atomic mass is 10.0. The van der Waals surface area contributed by atoms with E-state index in [1.54, 1.807) is 30.5 Å². The number of Topliss-reactive ketones (excluding diaryl/α,β-unsaturated/α-hetero) is 1. The van der Waals surface area contributed by atoms with Crippen LogP contribution in [-0.4, -0.2) is 17.1 Å². The number of nitriles is 1. The van der Waals surface area contributed by atoms with E-state index in [-0.39, 0.29) is 18.1 Å². The molecule has 1 aromatic carbocycles. The highest BCUT2D eigenvalue weighted by atomic mass is 16.7. The number of ether oxygens (including phenoxy) is 2. The molecule has 0 fully saturated rings. The summed E-state index contributed by atoms with van der Waals surface area (Å²) in [6.45, 7) is 4.67. The first-order valence-electron chi connectivity index (χ1n) is 8.82. The quantitative estimate of drug-likeness (QED) is 0.379. The summed E-state index contributed by atoms with van der Waals surface area (Å²) in [5, 5.41) is 9.57. The molecule has 3 heterocycles. The first kappa shape index (κ1) is 17.7. The Hall–Kier alpha value is -3.72. The number of aryl methyl sites for hydroxylation is 1. The molecule has 1 aliphatic rings. The van der Waals surface area contributed by atoms with E-state index in [1.165, 1.54) is 0 Å². The van der Waals surface area contributed by atoms with Gasteiger partial charge in [0.2, 0.25) is 12.6 Å². The predicted octanol–water partition coefficient (Wildman–Crippen LogP) is 4.26. The molecule has 2 aromatic heterocycles. The van der Waals surface area contributed by atoms with Crippen LogP contribution in [-0.2, 0) is 6.54 Å². The number of furan rings is 1. The van der Waals surface area contributed by atoms with Gasteiger partial charge in [0.15, 0.2) is 11.5 Å². The number of carbonyl (C=O) groups is 1. The van der Waals surface area contributed by atoms with E-state index in [2.05, 4.69) is 4.57 Å². The van der Waals surface area contributed by atoms with Crippen LogP contribution in [0, 0.1) is 25.2 Å². The van der Waals surface area contributed by atoms with Crippen molar-refractivity contribution in [2.24, 2.45) is 0 Å². The van der Waals surface area contributed by atoms with Gasteiger partial charge >= 0.3 is 0 Å². The Morgan fingerprint density at radius 3 is 2.79 bits per heavy atom. The van der Waals surface area contributed by atoms with Crippen LogP contribution in [0.25, 0.3) is 6.08 Å². The molecule has 0 radical (unpaired) electrons. The average Bonchev–Trinajstić information content (AvgIpc) is 3.43. The second kappa shape index (κ2) is 7.12. The molecular weight excluding hydrogens is 356 g/mol. The number of ketones is 1. The van der Waals surface area contributed by atoms with Gasteiger partial charge in [-0.1, -0.05) is 0 Å². The maximum atomic E-state index is 12.8. The maximum Gasteiger partial charge on any atom is 0.231 e. The topological polar surface area (TPSA) is 77.4 Å². The van der Waals surface area contributed by atoms with Gasteiger partial charge < -0.3 is 18.5 Å². The maximum absolute atomic E-state index is 12.8. The van der Waals surface area contributed by atoms with Crippen LogP contribution in [0.5, 0.6) is 11.5 Å². The van der Waals surface area contributed by atoms with Crippen LogP contribution in [0.3, 0.4) is 0 Å². The highest BCUT2D eigenvalue weighted by Crippen LogP contribution is 2.33. The lowest BCUT2D eigenvalue weighted by Crippen LogP contribution is -2.04. The Morgan fingerprint density at radius 2 is 2.04 bits per heavy atom. The van der Waals surface area contributed by atoms with Crippen molar-refractivity contribution >= 4 is 11.9 Å². The summed E-state index contributed by atoms with van der Waals surface area (Å²) >= 11 is 0. The Labute approximate surface area is 162 Å². The van der Waals surface area contributed by atoms with Gasteiger partial charge in [0.1, 0.15) is 17.4 Å². The summed E-state index contributed by atoms with van der Waals surface area (Å²) in [5.41, 5.74) is 3.27. The average molecular weight is 374 g/mol. The molecule has 3 aromatic rings. The zero-order chi connectivity index (χ0) is 19.7. The Balaban J connectivity index is 1.65. The highest BCUT2D eigenvalue weighted by molar-refractivity contribution is 6.14. The number of benzene rings is 1. The molecule has 0 aliphatic carbocycles. The van der Waals surface area contributed by atoms with Gasteiger partial charge in [-0.15, -0.1) is 0 Å². The van der Waals surface area contributed by atoms with Gasteiger partial charge in [0.05, 0.1) is 12.8 Å². The van der Waals surface area contributed by atoms with E-state index in [4.69, 9.17) is 13.9 Å². The van der Waals surface area contributed by atoms with Crippen LogP contribution >= 0.6 is 0 Å². The number of rotatable bonds is 5. The number of aromatic nitrogens is 1. The third-order valence-electron chi connectivity index (χ3n) is 4.81. The third kappa shape index (κ3) is 3.19. The normalized spacial score (nSPS) is 12.8. The molecule has 0 saturated heterocycles. The fraction of sp³-hybridized carbons (Fsp3) is 0.182. The van der Waals surface area contributed by atoms with Crippen LogP contribution in [0.1, 0.15) is 33.1 Å². The van der Waals surface area contributed by atoms with Crippen molar-refractivity contribution in [3.05, 3.63) is 76.5 Å². The number of hydrogen-bond donors (Lipinski definition) is 0. The van der Waals surface area contributed by atoms with Gasteiger partial charge in [0.25, 0.3) is 0 Å². The highest BCUT2D eigenvalue weighted by Gasteiger charge is 2.19. The summed E-state index contributed by atoms with van der Waals surface area (Å²) < 4.78 is 18.1. The number of carbonyl (C=O) groups excluding carboxylic acids is 1. The van der Waals surface area contributed by atoms with Gasteiger partial charge in [-0.2, -0.15) is 5.26 Å². The van der Waals surface area contributed by atoms with Crippen LogP contribution in [0.2, 0.25) is 0 Å². The largest absolute Gasteiger partial charge is 0.467 e. The summed E-state index contributed by atoms with van der Waals surface area (Å²) in [6, 6.07) is 12.7. The minimum absolute atomic E-state index is 0.0668. The minimum Gasteiger partial charge on any atom is -0.467 e. The zero-order valence-corrected chi connectivity index (χ0v) is 15.6. The van der Waals surface area contributed by atoms with E-state index < -0.39 is 0 Å². The fourth-order valence-corrected chi connectivity index (χ4v) is 3.27. The number of hydrogen-bond acceptors (Lipinski definition) is 5. The van der Waals surface area contributed by atoms with Gasteiger partial charge in [-0.3, -0.25) is 4.79 Å². The van der Waals surface area contributed by atoms with Crippen LogP contribution in [0.15, 0.2) is 52.7 Å². The van der Waals surface area contributed by atoms with E-state index in [1.807, 2.05) is 38.1 Å². The molecule has 1 aliphatic heterocycles. The molecule has 140 valence electrons. The molecule has 6 heteroatoms. The molecule has 4 rings (SSSR count). The number of allylic oxidation sites excluding steroid dienone is 1. The SMILES string of the molecule is Cc1cc(C=C(C#N)C(=O)c2ccc3c(c2)OCO3)c(C)n1Cc1ccco1. The first-order valence-corrected chi connectivity index (χ1v) is 8.82. The lowest BCUT2D eigenvalue weighted by molar-refractivity contribution is 0.103. The lowest BCUT2D eigenvalue weighted by Gasteiger charge is -2.07. The molecule has 6 nitrogen and oxygen atoms in total. The van der Waals surface area contributed by atoms with Gasteiger partial charge in [-0.05, 0) is 61.9 Å². The number of fused-ring (bicyclic) bond motifs is 1. The summed E-state index contributed by atoms with van der Waals surface area (Å²) in [6.07, 6.45) is 3.27. The summed E-state index contributed by atoms with van der Waals surface area (Å²) in [4.78, 5) is 12.8. The minimum atomic E-state index is -0.350. The number of nitrogens with zero attached hydrogens (tertiary/aromatic N) is 2. The Kier molecular flexibility index (Phi) is 4.50. The molecule has 0 bridgehead atoms. The first-order chi connectivity index (χ1) is 13.6. The Bertz CT molecular complexity index is 1110. The third-order valence-corrected chi connectivity index (χ3v) is 4.81. The van der Waals surface area contributed by atoms with Gasteiger partial charge in [0, 0.05) is 17.0 Å². The fourth-order valence-electron chi connectivity index (χ4n) is 3.27. The van der Waals surface area contributed by atoms with Gasteiger partial charge in [-0.25, -0.2) is 0 Å². The van der Waals surface area contributed by atoms with Crippen LogP contribution in [0.4, 0.5) is 0 Å². The predicted molar refractivity (Wildman–Crippen MR) is 102 cm³/mol. The molecule has 0 amide bonds. The van der Waals surface area contributed by atoms with E-state index >= 15 is 0 Å². The Morgan fingerprint density at radius 1 is 1.21 bits per heavy atom. The zero-order valence-electron chi connectivity index (χ0n) is 15.6. The van der Waals surface area contributed by atoms with Crippen molar-refractivity contribution in [2.45, 2.75) is 20.4 Å². The molecule has 0 saturated carbocycles. The van der Waals surface area contributed by atoms with Crippen molar-refractivity contribution in [1.82, 2.24) is 4.57 Å². The molecule has 0 N–H and O–H groups in total. The molecule has 0 atom stereocenters. The molecule has 0 unspecified atom stereocenters. The second-order valence-electron chi connectivity index (χ2n) is 6.56. The smallest absolute Gasteiger partial charge is 0.231 e. The second-order valence-corrected chi connectivity index (χ2v) is 6.56. The monoisotopic (exact) mass is 374 g/mol. The molecule has 0 spiro atoms. The van der Waals surface area contributed by atoms with E-state index in [0.717, 1.165) is 22.7 Å². The summed E-state index contributed by atoms with van der Waals surface area (Å²) in [7, 11) is 0. The van der Waals surface area contributed by atoms with Crippen molar-refractivity contribution in [3.8, 4) is 17.6 Å². The van der Waals surface area contributed by atoms with E-state index in [9.17, 15) is 10.1 Å². The summed E-state index contributed by atoms with van der Waals surface area (Å²) in [5.74, 6) is 1.60. The van der Waals surface area contributed by atoms with Crippen LogP contribution < -0.4 is 9.47 Å². The molecule has 28 heavy (non-hydrogen) atoms. The van der Waals surface area contributed by atoms with E-state index in [0.29, 0.717) is 23.6 Å². The van der Waals surface area contributed by atoms with Crippen molar-refractivity contribution in [1.29, 1.82) is 5.26 Å².